The maximum atomic E-state index is 13.0. The molecule has 0 saturated heterocycles. The maximum Gasteiger partial charge on any atom is 0.168 e. The molecular formula is C26H29BrN2O4. The predicted octanol–water partition coefficient (Wildman–Crippen LogP) is 6.50. The Morgan fingerprint density at radius 3 is 2.36 bits per heavy atom. The van der Waals surface area contributed by atoms with E-state index in [4.69, 9.17) is 9.52 Å². The molecule has 0 aliphatic heterocycles. The number of allylic oxidation sites excluding steroid dienone is 2. The molecule has 2 aromatic rings. The molecule has 2 aliphatic rings. The van der Waals surface area contributed by atoms with Crippen molar-refractivity contribution in [1.82, 2.24) is 5.16 Å². The van der Waals surface area contributed by atoms with Crippen LogP contribution in [0.1, 0.15) is 75.2 Å². The van der Waals surface area contributed by atoms with E-state index in [1.165, 1.54) is 0 Å². The summed E-state index contributed by atoms with van der Waals surface area (Å²) in [5, 5.41) is 15.1. The Morgan fingerprint density at radius 1 is 1.03 bits per heavy atom. The third kappa shape index (κ3) is 5.18. The predicted molar refractivity (Wildman–Crippen MR) is 130 cm³/mol. The minimum atomic E-state index is -0.237. The number of carbonyl (C=O) groups is 2. The molecule has 0 amide bonds. The van der Waals surface area contributed by atoms with Gasteiger partial charge in [-0.25, -0.2) is 0 Å². The number of aliphatic hydroxyl groups excluding tert-OH is 1. The Morgan fingerprint density at radius 2 is 1.67 bits per heavy atom. The zero-order chi connectivity index (χ0) is 24.0. The summed E-state index contributed by atoms with van der Waals surface area (Å²) in [5.41, 5.74) is 2.32. The number of rotatable bonds is 4. The highest BCUT2D eigenvalue weighted by molar-refractivity contribution is 9.10. The van der Waals surface area contributed by atoms with Crippen molar-refractivity contribution < 1.29 is 19.2 Å². The van der Waals surface area contributed by atoms with E-state index in [9.17, 15) is 14.7 Å². The topological polar surface area (TPSA) is 92.8 Å². The van der Waals surface area contributed by atoms with Crippen molar-refractivity contribution in [3.05, 3.63) is 57.1 Å². The smallest absolute Gasteiger partial charge is 0.168 e. The van der Waals surface area contributed by atoms with E-state index < -0.39 is 0 Å². The molecule has 174 valence electrons. The van der Waals surface area contributed by atoms with E-state index in [1.54, 1.807) is 0 Å². The number of carbonyl (C=O) groups excluding carboxylic acids is 2. The summed E-state index contributed by atoms with van der Waals surface area (Å²) in [7, 11) is 0. The first-order chi connectivity index (χ1) is 15.4. The summed E-state index contributed by atoms with van der Waals surface area (Å²) in [6.07, 6.45) is 2.55. The van der Waals surface area contributed by atoms with Gasteiger partial charge < -0.3 is 9.63 Å². The standard InChI is InChI=1S/C26H29BrN2O4/c1-25(2)11-18(28-16-7-5-15(27)6-8-16)23(20(31)12-25)19(30)10-9-17-24-21(32)13-26(3,4)14-22(24)33-29-17/h5-8,30H,9-14H2,1-4H3/b23-19+,28-18?. The largest absolute Gasteiger partial charge is 0.511 e. The number of halogens is 1. The van der Waals surface area contributed by atoms with Crippen LogP contribution >= 0.6 is 15.9 Å². The van der Waals surface area contributed by atoms with Crippen molar-refractivity contribution in [2.24, 2.45) is 15.8 Å². The van der Waals surface area contributed by atoms with E-state index in [1.807, 2.05) is 52.0 Å². The zero-order valence-corrected chi connectivity index (χ0v) is 21.1. The maximum absolute atomic E-state index is 13.0. The molecule has 4 rings (SSSR count). The van der Waals surface area contributed by atoms with E-state index >= 15 is 0 Å². The van der Waals surface area contributed by atoms with Crippen LogP contribution in [0.4, 0.5) is 5.69 Å². The first kappa shape index (κ1) is 23.6. The first-order valence-corrected chi connectivity index (χ1v) is 12.0. The summed E-state index contributed by atoms with van der Waals surface area (Å²) in [6.45, 7) is 8.14. The van der Waals surface area contributed by atoms with Crippen LogP contribution < -0.4 is 0 Å². The number of hydrogen-bond acceptors (Lipinski definition) is 6. The monoisotopic (exact) mass is 512 g/mol. The fourth-order valence-electron chi connectivity index (χ4n) is 4.73. The molecule has 6 nitrogen and oxygen atoms in total. The molecule has 1 aromatic carbocycles. The van der Waals surface area contributed by atoms with Gasteiger partial charge in [-0.1, -0.05) is 48.8 Å². The number of aromatic nitrogens is 1. The van der Waals surface area contributed by atoms with Crippen molar-refractivity contribution in [2.45, 2.75) is 66.2 Å². The number of aliphatic hydroxyl groups is 1. The quantitative estimate of drug-likeness (QED) is 0.372. The van der Waals surface area contributed by atoms with E-state index in [0.29, 0.717) is 60.4 Å². The number of hydrogen-bond donors (Lipinski definition) is 1. The van der Waals surface area contributed by atoms with Crippen molar-refractivity contribution in [2.75, 3.05) is 0 Å². The van der Waals surface area contributed by atoms with Gasteiger partial charge in [0.25, 0.3) is 0 Å². The third-order valence-electron chi connectivity index (χ3n) is 6.22. The lowest BCUT2D eigenvalue weighted by molar-refractivity contribution is -0.117. The van der Waals surface area contributed by atoms with Gasteiger partial charge in [-0.3, -0.25) is 14.6 Å². The van der Waals surface area contributed by atoms with Crippen molar-refractivity contribution in [1.29, 1.82) is 0 Å². The number of Topliss-reactive ketones (excluding diaryl/α,β-unsaturated/α-hetero) is 2. The van der Waals surface area contributed by atoms with Crippen LogP contribution in [0.25, 0.3) is 0 Å². The second-order valence-corrected chi connectivity index (χ2v) is 11.6. The second-order valence-electron chi connectivity index (χ2n) is 10.7. The van der Waals surface area contributed by atoms with Crippen LogP contribution in [0, 0.1) is 10.8 Å². The average molecular weight is 513 g/mol. The molecule has 0 bridgehead atoms. The summed E-state index contributed by atoms with van der Waals surface area (Å²) in [4.78, 5) is 30.4. The lowest BCUT2D eigenvalue weighted by Crippen LogP contribution is -2.32. The van der Waals surface area contributed by atoms with Crippen LogP contribution in [0.15, 0.2) is 49.6 Å². The molecule has 0 atom stereocenters. The minimum Gasteiger partial charge on any atom is -0.511 e. The average Bonchev–Trinajstić information content (AvgIpc) is 3.08. The van der Waals surface area contributed by atoms with Crippen molar-refractivity contribution in [3.8, 4) is 0 Å². The van der Waals surface area contributed by atoms with Crippen molar-refractivity contribution >= 4 is 38.9 Å². The number of aryl methyl sites for hydroxylation is 1. The van der Waals surface area contributed by atoms with Gasteiger partial charge in [0.15, 0.2) is 11.6 Å². The Kier molecular flexibility index (Phi) is 6.20. The fraction of sp³-hybridized carbons (Fsp3) is 0.462. The Hall–Kier alpha value is -2.54. The molecule has 2 aliphatic carbocycles. The SMILES string of the molecule is CC1(C)CC(=O)/C(=C(/O)CCc2noc3c2C(=O)CC(C)(C)C3)C(=Nc2ccc(Br)cc2)C1. The molecule has 1 heterocycles. The molecule has 1 aromatic heterocycles. The molecule has 33 heavy (non-hydrogen) atoms. The first-order valence-electron chi connectivity index (χ1n) is 11.2. The lowest BCUT2D eigenvalue weighted by atomic mass is 9.73. The van der Waals surface area contributed by atoms with Gasteiger partial charge in [0.2, 0.25) is 0 Å². The number of nitrogens with zero attached hydrogens (tertiary/aromatic N) is 2. The van der Waals surface area contributed by atoms with Crippen LogP contribution in [0.5, 0.6) is 0 Å². The fourth-order valence-corrected chi connectivity index (χ4v) is 5.00. The second kappa shape index (κ2) is 8.67. The summed E-state index contributed by atoms with van der Waals surface area (Å²) in [6, 6.07) is 7.52. The Bertz CT molecular complexity index is 1170. The zero-order valence-electron chi connectivity index (χ0n) is 19.5. The van der Waals surface area contributed by atoms with Crippen LogP contribution in [-0.2, 0) is 17.6 Å². The summed E-state index contributed by atoms with van der Waals surface area (Å²) in [5.74, 6) is 0.523. The highest BCUT2D eigenvalue weighted by atomic mass is 79.9. The molecule has 1 N–H and O–H groups in total. The summed E-state index contributed by atoms with van der Waals surface area (Å²) < 4.78 is 6.41. The minimum absolute atomic E-state index is 0.00769. The molecule has 1 saturated carbocycles. The lowest BCUT2D eigenvalue weighted by Gasteiger charge is -2.31. The number of benzene rings is 1. The summed E-state index contributed by atoms with van der Waals surface area (Å²) >= 11 is 3.42. The number of fused-ring (bicyclic) bond motifs is 1. The van der Waals surface area contributed by atoms with E-state index in [2.05, 4.69) is 21.1 Å². The third-order valence-corrected chi connectivity index (χ3v) is 6.75. The molecule has 0 spiro atoms. The van der Waals surface area contributed by atoms with Gasteiger partial charge in [-0.05, 0) is 41.5 Å². The highest BCUT2D eigenvalue weighted by Gasteiger charge is 2.38. The molecule has 0 radical (unpaired) electrons. The van der Waals surface area contributed by atoms with E-state index in [-0.39, 0.29) is 34.6 Å². The molecule has 1 fully saturated rings. The molecular weight excluding hydrogens is 484 g/mol. The Labute approximate surface area is 202 Å². The van der Waals surface area contributed by atoms with Gasteiger partial charge in [-0.15, -0.1) is 0 Å². The van der Waals surface area contributed by atoms with Crippen molar-refractivity contribution in [3.63, 3.8) is 0 Å². The van der Waals surface area contributed by atoms with Crippen LogP contribution in [0.3, 0.4) is 0 Å². The van der Waals surface area contributed by atoms with Gasteiger partial charge in [0.1, 0.15) is 11.5 Å². The molecule has 0 unspecified atom stereocenters. The number of aliphatic imine (C=N–C) groups is 1. The Balaban J connectivity index is 1.63. The number of ketones is 2. The van der Waals surface area contributed by atoms with Crippen LogP contribution in [-0.4, -0.2) is 27.5 Å². The van der Waals surface area contributed by atoms with E-state index in [0.717, 1.165) is 10.2 Å². The van der Waals surface area contributed by atoms with Gasteiger partial charge in [-0.2, -0.15) is 0 Å². The van der Waals surface area contributed by atoms with Gasteiger partial charge >= 0.3 is 0 Å². The van der Waals surface area contributed by atoms with Crippen LogP contribution in [0.2, 0.25) is 0 Å². The highest BCUT2D eigenvalue weighted by Crippen LogP contribution is 2.38. The van der Waals surface area contributed by atoms with Gasteiger partial charge in [0.05, 0.1) is 28.2 Å². The normalized spacial score (nSPS) is 22.4. The van der Waals surface area contributed by atoms with Gasteiger partial charge in [0, 0.05) is 36.6 Å². The molecule has 7 heteroatoms.